The smallest absolute Gasteiger partial charge is 0.255 e. The Bertz CT molecular complexity index is 767. The van der Waals surface area contributed by atoms with Crippen LogP contribution in [0.4, 0.5) is 5.69 Å². The van der Waals surface area contributed by atoms with Crippen LogP contribution >= 0.6 is 0 Å². The monoisotopic (exact) mass is 351 g/mol. The number of hydrogen-bond donors (Lipinski definition) is 0. The van der Waals surface area contributed by atoms with Crippen molar-refractivity contribution in [2.75, 3.05) is 45.2 Å². The molecule has 1 atom stereocenters. The summed E-state index contributed by atoms with van der Waals surface area (Å²) < 4.78 is 0. The average molecular weight is 351 g/mol. The van der Waals surface area contributed by atoms with Gasteiger partial charge in [0, 0.05) is 44.0 Å². The lowest BCUT2D eigenvalue weighted by Gasteiger charge is -2.31. The molecule has 1 unspecified atom stereocenters. The molecule has 0 saturated carbocycles. The van der Waals surface area contributed by atoms with Gasteiger partial charge in [-0.15, -0.1) is 0 Å². The van der Waals surface area contributed by atoms with E-state index in [1.54, 1.807) is 0 Å². The van der Waals surface area contributed by atoms with Gasteiger partial charge in [0.25, 0.3) is 5.91 Å². The Morgan fingerprint density at radius 3 is 2.19 bits per heavy atom. The molecule has 4 nitrogen and oxygen atoms in total. The summed E-state index contributed by atoms with van der Waals surface area (Å²) in [7, 11) is 4.11. The van der Waals surface area contributed by atoms with Crippen molar-refractivity contribution in [1.29, 1.82) is 0 Å². The molecule has 3 rings (SSSR count). The van der Waals surface area contributed by atoms with Gasteiger partial charge in [-0.3, -0.25) is 4.79 Å². The third kappa shape index (κ3) is 3.34. The lowest BCUT2D eigenvalue weighted by molar-refractivity contribution is 0.0729. The normalized spacial score (nSPS) is 16.3. The van der Waals surface area contributed by atoms with Gasteiger partial charge in [-0.25, -0.2) is 0 Å². The first-order chi connectivity index (χ1) is 12.6. The fourth-order valence-electron chi connectivity index (χ4n) is 3.85. The summed E-state index contributed by atoms with van der Waals surface area (Å²) in [6.45, 7) is 7.98. The second-order valence-electron chi connectivity index (χ2n) is 6.97. The fraction of sp³-hybridized carbons (Fsp3) is 0.409. The number of para-hydroxylation sites is 1. The predicted octanol–water partition coefficient (Wildman–Crippen LogP) is 3.64. The standard InChI is InChI=1S/C22H29N3O/c1-5-24(6-2)15-16-25-21(17-11-7-8-12-18(17)22(25)26)19-13-9-10-14-20(19)23(3)4/h7-14,21H,5-6,15-16H2,1-4H3. The summed E-state index contributed by atoms with van der Waals surface area (Å²) >= 11 is 0. The van der Waals surface area contributed by atoms with Gasteiger partial charge < -0.3 is 14.7 Å². The van der Waals surface area contributed by atoms with Crippen LogP contribution in [-0.2, 0) is 0 Å². The van der Waals surface area contributed by atoms with Crippen LogP contribution < -0.4 is 4.90 Å². The highest BCUT2D eigenvalue weighted by Crippen LogP contribution is 2.41. The molecule has 0 radical (unpaired) electrons. The molecule has 0 aromatic heterocycles. The first-order valence-corrected chi connectivity index (χ1v) is 9.47. The third-order valence-corrected chi connectivity index (χ3v) is 5.32. The third-order valence-electron chi connectivity index (χ3n) is 5.32. The van der Waals surface area contributed by atoms with Crippen molar-refractivity contribution >= 4 is 11.6 Å². The topological polar surface area (TPSA) is 26.8 Å². The number of hydrogen-bond acceptors (Lipinski definition) is 3. The number of nitrogens with zero attached hydrogens (tertiary/aromatic N) is 3. The lowest BCUT2D eigenvalue weighted by atomic mass is 9.96. The van der Waals surface area contributed by atoms with Gasteiger partial charge in [0.1, 0.15) is 0 Å². The zero-order valence-corrected chi connectivity index (χ0v) is 16.3. The van der Waals surface area contributed by atoms with Crippen LogP contribution in [0.5, 0.6) is 0 Å². The Labute approximate surface area is 157 Å². The van der Waals surface area contributed by atoms with Crippen molar-refractivity contribution in [3.63, 3.8) is 0 Å². The van der Waals surface area contributed by atoms with E-state index in [9.17, 15) is 4.79 Å². The molecule has 0 fully saturated rings. The number of amides is 1. The average Bonchev–Trinajstić information content (AvgIpc) is 2.95. The van der Waals surface area contributed by atoms with E-state index in [1.165, 1.54) is 5.56 Å². The van der Waals surface area contributed by atoms with Gasteiger partial charge in [0.05, 0.1) is 6.04 Å². The van der Waals surface area contributed by atoms with Crippen LogP contribution in [0.1, 0.15) is 41.4 Å². The Morgan fingerprint density at radius 2 is 1.54 bits per heavy atom. The quantitative estimate of drug-likeness (QED) is 0.762. The van der Waals surface area contributed by atoms with Gasteiger partial charge in [0.15, 0.2) is 0 Å². The Hall–Kier alpha value is -2.33. The van der Waals surface area contributed by atoms with E-state index in [0.717, 1.165) is 43.0 Å². The minimum Gasteiger partial charge on any atom is -0.377 e. The summed E-state index contributed by atoms with van der Waals surface area (Å²) in [5.74, 6) is 0.145. The molecule has 0 spiro atoms. The molecule has 1 aliphatic rings. The fourth-order valence-corrected chi connectivity index (χ4v) is 3.85. The highest BCUT2D eigenvalue weighted by molar-refractivity contribution is 6.00. The summed E-state index contributed by atoms with van der Waals surface area (Å²) in [4.78, 5) is 19.7. The molecule has 0 N–H and O–H groups in total. The minimum absolute atomic E-state index is 0.0205. The number of rotatable bonds is 7. The Morgan fingerprint density at radius 1 is 0.923 bits per heavy atom. The molecule has 1 amide bonds. The second kappa shape index (κ2) is 7.92. The number of carbonyl (C=O) groups excluding carboxylic acids is 1. The van der Waals surface area contributed by atoms with E-state index in [2.05, 4.69) is 68.1 Å². The molecular weight excluding hydrogens is 322 g/mol. The maximum atomic E-state index is 13.1. The van der Waals surface area contributed by atoms with Crippen LogP contribution in [0.15, 0.2) is 48.5 Å². The van der Waals surface area contributed by atoms with E-state index in [-0.39, 0.29) is 11.9 Å². The number of likely N-dealkylation sites (N-methyl/N-ethyl adjacent to an activating group) is 1. The van der Waals surface area contributed by atoms with E-state index < -0.39 is 0 Å². The van der Waals surface area contributed by atoms with E-state index in [1.807, 2.05) is 23.1 Å². The summed E-state index contributed by atoms with van der Waals surface area (Å²) in [5, 5.41) is 0. The summed E-state index contributed by atoms with van der Waals surface area (Å²) in [6, 6.07) is 16.4. The van der Waals surface area contributed by atoms with Crippen molar-refractivity contribution in [1.82, 2.24) is 9.80 Å². The van der Waals surface area contributed by atoms with Gasteiger partial charge >= 0.3 is 0 Å². The molecule has 2 aromatic carbocycles. The second-order valence-corrected chi connectivity index (χ2v) is 6.97. The van der Waals surface area contributed by atoms with Gasteiger partial charge in [0.2, 0.25) is 0 Å². The van der Waals surface area contributed by atoms with Crippen LogP contribution in [0.2, 0.25) is 0 Å². The minimum atomic E-state index is -0.0205. The zero-order valence-electron chi connectivity index (χ0n) is 16.3. The largest absolute Gasteiger partial charge is 0.377 e. The summed E-state index contributed by atoms with van der Waals surface area (Å²) in [6.07, 6.45) is 0. The number of anilines is 1. The van der Waals surface area contributed by atoms with Crippen LogP contribution in [0.25, 0.3) is 0 Å². The predicted molar refractivity (Wildman–Crippen MR) is 108 cm³/mol. The zero-order chi connectivity index (χ0) is 18.7. The van der Waals surface area contributed by atoms with E-state index >= 15 is 0 Å². The number of carbonyl (C=O) groups is 1. The molecular formula is C22H29N3O. The maximum Gasteiger partial charge on any atom is 0.255 e. The van der Waals surface area contributed by atoms with Crippen LogP contribution in [0, 0.1) is 0 Å². The molecule has 26 heavy (non-hydrogen) atoms. The number of benzene rings is 2. The van der Waals surface area contributed by atoms with Crippen molar-refractivity contribution in [2.24, 2.45) is 0 Å². The van der Waals surface area contributed by atoms with Gasteiger partial charge in [-0.05, 0) is 30.8 Å². The highest BCUT2D eigenvalue weighted by Gasteiger charge is 2.38. The van der Waals surface area contributed by atoms with Crippen molar-refractivity contribution in [3.8, 4) is 0 Å². The molecule has 1 heterocycles. The number of fused-ring (bicyclic) bond motifs is 1. The maximum absolute atomic E-state index is 13.1. The lowest BCUT2D eigenvalue weighted by Crippen LogP contribution is -2.37. The van der Waals surface area contributed by atoms with E-state index in [4.69, 9.17) is 0 Å². The van der Waals surface area contributed by atoms with E-state index in [0.29, 0.717) is 0 Å². The molecule has 4 heteroatoms. The summed E-state index contributed by atoms with van der Waals surface area (Å²) in [5.41, 5.74) is 4.31. The van der Waals surface area contributed by atoms with Crippen molar-refractivity contribution < 1.29 is 4.79 Å². The Kier molecular flexibility index (Phi) is 5.62. The molecule has 0 saturated heterocycles. The van der Waals surface area contributed by atoms with Gasteiger partial charge in [-0.2, -0.15) is 0 Å². The molecule has 0 aliphatic carbocycles. The Balaban J connectivity index is 2.02. The van der Waals surface area contributed by atoms with Crippen LogP contribution in [-0.4, -0.2) is 56.0 Å². The first kappa shape index (κ1) is 18.5. The molecule has 1 aliphatic heterocycles. The van der Waals surface area contributed by atoms with Crippen molar-refractivity contribution in [2.45, 2.75) is 19.9 Å². The van der Waals surface area contributed by atoms with Crippen LogP contribution in [0.3, 0.4) is 0 Å². The molecule has 2 aromatic rings. The highest BCUT2D eigenvalue weighted by atomic mass is 16.2. The SMILES string of the molecule is CCN(CC)CCN1C(=O)c2ccccc2C1c1ccccc1N(C)C. The first-order valence-electron chi connectivity index (χ1n) is 9.47. The molecule has 138 valence electrons. The molecule has 0 bridgehead atoms. The van der Waals surface area contributed by atoms with Gasteiger partial charge in [-0.1, -0.05) is 50.2 Å². The van der Waals surface area contributed by atoms with Crippen molar-refractivity contribution in [3.05, 3.63) is 65.2 Å².